The van der Waals surface area contributed by atoms with Crippen molar-refractivity contribution in [3.63, 3.8) is 0 Å². The Morgan fingerprint density at radius 1 is 0.667 bits per heavy atom. The van der Waals surface area contributed by atoms with Crippen LogP contribution in [0.1, 0.15) is 157 Å². The van der Waals surface area contributed by atoms with E-state index in [1.165, 1.54) is 47.2 Å². The van der Waals surface area contributed by atoms with Crippen molar-refractivity contribution < 1.29 is 36.1 Å². The van der Waals surface area contributed by atoms with Crippen LogP contribution in [-0.4, -0.2) is 66.1 Å². The zero-order chi connectivity index (χ0) is 51.0. The van der Waals surface area contributed by atoms with Gasteiger partial charge in [0.2, 0.25) is 14.5 Å². The molecule has 3 rings (SSSR count). The molecule has 0 aliphatic carbocycles. The average Bonchev–Trinajstić information content (AvgIpc) is 3.19. The molecule has 0 spiro atoms. The van der Waals surface area contributed by atoms with E-state index >= 15 is 0 Å². The zero-order valence-corrected chi connectivity index (χ0v) is 50.7. The normalized spacial score (nSPS) is 9.97. The number of carbonyl (C=O) groups excluding carboxylic acids is 4. The third kappa shape index (κ3) is 47.7. The van der Waals surface area contributed by atoms with Gasteiger partial charge in [-0.3, -0.25) is 9.59 Å². The SMILES string of the molecule is Br.C=C(C)CCC.C=P(c1ccccc1)(c1ccccc1)c1ccccc1.CCCC(C)(C)Br.CCCC(C)(C)C(=O)Cl.CCCC(C)(C)C(=O)O.CCCC(C)=O.O=C=O.O=S(Cl)Cl.[H-].[H-].[Mg+2]. The maximum absolute atomic E-state index is 10.6. The Labute approximate surface area is 455 Å². The minimum Gasteiger partial charge on any atom is -1.00 e. The van der Waals surface area contributed by atoms with Gasteiger partial charge in [-0.1, -0.05) is 207 Å². The number of Topliss-reactive ketones (excluding diaryl/α,β-unsaturated/α-hetero) is 1. The number of alkyl halides is 1. The van der Waals surface area contributed by atoms with Gasteiger partial charge in [-0.15, -0.1) is 23.6 Å². The van der Waals surface area contributed by atoms with Gasteiger partial charge < -0.3 is 12.8 Å². The average molecular weight is 1160 g/mol. The van der Waals surface area contributed by atoms with Crippen LogP contribution in [0, 0.1) is 10.8 Å². The molecule has 0 heterocycles. The van der Waals surface area contributed by atoms with E-state index in [0.29, 0.717) is 4.32 Å². The molecule has 0 radical (unpaired) electrons. The number of hydrogen-bond donors (Lipinski definition) is 1. The van der Waals surface area contributed by atoms with Gasteiger partial charge in [-0.05, 0) is 94.2 Å². The molecule has 0 saturated heterocycles. The van der Waals surface area contributed by atoms with Crippen LogP contribution in [0.15, 0.2) is 103 Å². The molecule has 66 heavy (non-hydrogen) atoms. The van der Waals surface area contributed by atoms with Crippen LogP contribution in [0.2, 0.25) is 0 Å². The number of benzene rings is 3. The molecule has 7 nitrogen and oxygen atoms in total. The number of carbonyl (C=O) groups is 3. The van der Waals surface area contributed by atoms with E-state index in [1.54, 1.807) is 20.8 Å². The molecule has 0 bridgehead atoms. The van der Waals surface area contributed by atoms with Gasteiger partial charge in [0.15, 0.2) is 0 Å². The molecular weight excluding hydrogens is 1080 g/mol. The first-order valence-corrected chi connectivity index (χ1v) is 27.4. The third-order valence-corrected chi connectivity index (χ3v) is 13.0. The molecule has 376 valence electrons. The maximum Gasteiger partial charge on any atom is 2.00 e. The first-order valence-electron chi connectivity index (χ1n) is 21.5. The van der Waals surface area contributed by atoms with Crippen molar-refractivity contribution in [2.24, 2.45) is 10.8 Å². The van der Waals surface area contributed by atoms with Crippen molar-refractivity contribution in [2.45, 2.75) is 159 Å². The Bertz CT molecular complexity index is 1640. The molecular formula is C51H82Br2Cl3MgO7PS. The van der Waals surface area contributed by atoms with Crippen molar-refractivity contribution in [3.05, 3.63) is 103 Å². The van der Waals surface area contributed by atoms with E-state index in [9.17, 15) is 14.4 Å². The molecule has 3 aromatic rings. The van der Waals surface area contributed by atoms with Crippen LogP contribution >= 0.6 is 72.8 Å². The summed E-state index contributed by atoms with van der Waals surface area (Å²) in [6.45, 7) is 27.6. The van der Waals surface area contributed by atoms with Crippen LogP contribution < -0.4 is 15.9 Å². The third-order valence-electron chi connectivity index (χ3n) is 8.58. The first kappa shape index (κ1) is 78.8. The Morgan fingerprint density at radius 3 is 1.05 bits per heavy atom. The van der Waals surface area contributed by atoms with Crippen LogP contribution in [0.5, 0.6) is 0 Å². The van der Waals surface area contributed by atoms with Gasteiger partial charge >= 0.3 is 35.2 Å². The van der Waals surface area contributed by atoms with Gasteiger partial charge in [-0.25, -0.2) is 4.21 Å². The van der Waals surface area contributed by atoms with Gasteiger partial charge in [0.05, 0.1) is 5.41 Å². The van der Waals surface area contributed by atoms with Crippen molar-refractivity contribution in [3.8, 4) is 0 Å². The molecule has 0 saturated carbocycles. The van der Waals surface area contributed by atoms with E-state index in [-0.39, 0.29) is 65.5 Å². The molecule has 15 heteroatoms. The first-order chi connectivity index (χ1) is 29.6. The van der Waals surface area contributed by atoms with Gasteiger partial charge in [0, 0.05) is 37.5 Å². The number of carboxylic acids is 1. The largest absolute Gasteiger partial charge is 2.00 e. The summed E-state index contributed by atoms with van der Waals surface area (Å²) in [5.74, 6) is -0.415. The summed E-state index contributed by atoms with van der Waals surface area (Å²) >= 11 is 8.85. The van der Waals surface area contributed by atoms with E-state index in [0.717, 1.165) is 38.5 Å². The van der Waals surface area contributed by atoms with Crippen LogP contribution in [0.3, 0.4) is 0 Å². The second-order valence-corrected chi connectivity index (χ2v) is 24.7. The monoisotopic (exact) mass is 1160 g/mol. The number of rotatable bonds is 15. The number of halogens is 5. The number of ketones is 1. The minimum atomic E-state index is -1.78. The van der Waals surface area contributed by atoms with Crippen LogP contribution in [-0.2, 0) is 33.2 Å². The molecule has 1 N–H and O–H groups in total. The Morgan fingerprint density at radius 2 is 0.939 bits per heavy atom. The Hall–Kier alpha value is -1.36. The van der Waals surface area contributed by atoms with Gasteiger partial charge in [0.1, 0.15) is 5.78 Å². The van der Waals surface area contributed by atoms with E-state index in [4.69, 9.17) is 36.8 Å². The Kier molecular flexibility index (Phi) is 56.5. The fourth-order valence-electron chi connectivity index (χ4n) is 5.32. The summed E-state index contributed by atoms with van der Waals surface area (Å²) in [6.07, 6.45) is 15.1. The Balaban J connectivity index is -0.0000000899. The summed E-state index contributed by atoms with van der Waals surface area (Å²) in [6, 6.07) is 31.9. The predicted molar refractivity (Wildman–Crippen MR) is 305 cm³/mol. The number of hydrogen-bond acceptors (Lipinski definition) is 6. The number of allylic oxidation sites excluding steroid dienone is 1. The quantitative estimate of drug-likeness (QED) is 0.0529. The molecule has 0 amide bonds. The van der Waals surface area contributed by atoms with Crippen LogP contribution in [0.25, 0.3) is 0 Å². The molecule has 0 unspecified atom stereocenters. The van der Waals surface area contributed by atoms with E-state index in [1.807, 2.05) is 34.6 Å². The predicted octanol–water partition coefficient (Wildman–Crippen LogP) is 15.5. The van der Waals surface area contributed by atoms with E-state index < -0.39 is 27.5 Å². The molecule has 0 fully saturated rings. The molecule has 0 atom stereocenters. The van der Waals surface area contributed by atoms with E-state index in [2.05, 4.69) is 169 Å². The van der Waals surface area contributed by atoms with Crippen molar-refractivity contribution in [1.82, 2.24) is 0 Å². The zero-order valence-electron chi connectivity index (χ0n) is 44.0. The maximum atomic E-state index is 10.6. The fourth-order valence-corrected chi connectivity index (χ4v) is 8.75. The topological polar surface area (TPSA) is 123 Å². The second kappa shape index (κ2) is 47.3. The minimum absolute atomic E-state index is 0. The number of carboxylic acid groups (broad SMARTS) is 1. The standard InChI is InChI=1S/C19H17P.C7H13ClO.C7H14O2.C6H13Br.C6H12.C5H10O.CO2.BrH.Cl2OS.Mg.2H/c1-20(17-11-5-2-6-12-17,18-13-7-3-8-14-18)19-15-9-4-10-16-19;2*1-4-5-7(2,3)6(8)9;1-4-5-6(2,3)7;1-4-5-6(2)3;1-3-4-5(2)6;2-1-3;;1-4(2)3;;;/h2-16H,1H2;4-5H2,1-3H3;4-5H2,1-3H3,(H,8,9);4-5H2,1-3H3;2,4-5H2,1,3H3;3-4H2,1-2H3;;1H;;;;/q;;;;;;;;;+2;2*-1. The van der Waals surface area contributed by atoms with Crippen molar-refractivity contribution >= 4 is 150 Å². The van der Waals surface area contributed by atoms with Crippen molar-refractivity contribution in [1.29, 1.82) is 0 Å². The van der Waals surface area contributed by atoms with Gasteiger partial charge in [0.25, 0.3) is 0 Å². The summed E-state index contributed by atoms with van der Waals surface area (Å²) in [5, 5.41) is 12.3. The second-order valence-electron chi connectivity index (χ2n) is 16.6. The summed E-state index contributed by atoms with van der Waals surface area (Å²) in [5.41, 5.74) is 0.433. The molecule has 0 aliphatic rings. The molecule has 0 aromatic heterocycles. The molecule has 0 aliphatic heterocycles. The smallest absolute Gasteiger partial charge is 1.00 e. The molecule has 3 aromatic carbocycles. The summed E-state index contributed by atoms with van der Waals surface area (Å²) in [7, 11) is 7.36. The van der Waals surface area contributed by atoms with Gasteiger partial charge in [-0.2, -0.15) is 9.59 Å². The number of aliphatic carboxylic acids is 1. The van der Waals surface area contributed by atoms with Crippen LogP contribution in [0.4, 0.5) is 0 Å². The fraction of sp³-hybridized carbons (Fsp3) is 0.510. The summed E-state index contributed by atoms with van der Waals surface area (Å²) < 4.78 is 9.45. The van der Waals surface area contributed by atoms with Crippen molar-refractivity contribution in [2.75, 3.05) is 0 Å². The summed E-state index contributed by atoms with van der Waals surface area (Å²) in [4.78, 5) is 47.3.